The molecule has 2 rings (SSSR count). The smallest absolute Gasteiger partial charge is 0.380 e. The molecular formula is C21H29N3O6S2. The summed E-state index contributed by atoms with van der Waals surface area (Å²) in [4.78, 5) is 29.0. The summed E-state index contributed by atoms with van der Waals surface area (Å²) in [5.41, 5.74) is 1.15. The maximum Gasteiger partial charge on any atom is 0.380 e. The number of aromatic nitrogens is 1. The molecular weight excluding hydrogens is 454 g/mol. The molecule has 0 spiro atoms. The van der Waals surface area contributed by atoms with Crippen molar-refractivity contribution < 1.29 is 26.9 Å². The number of ether oxygens (including phenoxy) is 1. The van der Waals surface area contributed by atoms with Gasteiger partial charge < -0.3 is 14.2 Å². The number of esters is 1. The Morgan fingerprint density at radius 1 is 1.19 bits per heavy atom. The van der Waals surface area contributed by atoms with Crippen molar-refractivity contribution in [1.82, 2.24) is 10.3 Å². The SMILES string of the molecule is CCc1csc([C@H](Cc2ccc(OS(N)(=O)=O)cc2)NC(=O)CCC(=O)OC(C)(C)C)n1. The van der Waals surface area contributed by atoms with Crippen molar-refractivity contribution in [2.75, 3.05) is 0 Å². The fourth-order valence-electron chi connectivity index (χ4n) is 2.77. The van der Waals surface area contributed by atoms with Crippen molar-refractivity contribution in [3.63, 3.8) is 0 Å². The molecule has 176 valence electrons. The monoisotopic (exact) mass is 483 g/mol. The van der Waals surface area contributed by atoms with Gasteiger partial charge >= 0.3 is 16.3 Å². The normalized spacial score (nSPS) is 12.8. The number of nitrogens with zero attached hydrogens (tertiary/aromatic N) is 1. The van der Waals surface area contributed by atoms with Crippen molar-refractivity contribution in [3.05, 3.63) is 45.9 Å². The Bertz CT molecular complexity index is 1030. The molecule has 32 heavy (non-hydrogen) atoms. The largest absolute Gasteiger partial charge is 0.460 e. The van der Waals surface area contributed by atoms with Gasteiger partial charge in [0.1, 0.15) is 16.4 Å². The van der Waals surface area contributed by atoms with Crippen molar-refractivity contribution in [2.45, 2.75) is 65.0 Å². The molecule has 0 saturated heterocycles. The number of nitrogens with two attached hydrogens (primary N) is 1. The molecule has 0 aliphatic carbocycles. The summed E-state index contributed by atoms with van der Waals surface area (Å²) in [6, 6.07) is 5.95. The van der Waals surface area contributed by atoms with E-state index in [1.54, 1.807) is 32.9 Å². The Kier molecular flexibility index (Phi) is 8.76. The summed E-state index contributed by atoms with van der Waals surface area (Å²) in [7, 11) is -4.10. The highest BCUT2D eigenvalue weighted by molar-refractivity contribution is 7.84. The van der Waals surface area contributed by atoms with Crippen molar-refractivity contribution in [3.8, 4) is 5.75 Å². The van der Waals surface area contributed by atoms with Crippen LogP contribution in [0, 0.1) is 0 Å². The fraction of sp³-hybridized carbons (Fsp3) is 0.476. The highest BCUT2D eigenvalue weighted by atomic mass is 32.2. The minimum atomic E-state index is -4.10. The lowest BCUT2D eigenvalue weighted by Gasteiger charge is -2.20. The Labute approximate surface area is 192 Å². The predicted molar refractivity (Wildman–Crippen MR) is 121 cm³/mol. The summed E-state index contributed by atoms with van der Waals surface area (Å²) in [6.45, 7) is 7.31. The minimum absolute atomic E-state index is 0.00143. The molecule has 0 unspecified atom stereocenters. The Balaban J connectivity index is 2.08. The molecule has 1 amide bonds. The zero-order valence-electron chi connectivity index (χ0n) is 18.6. The first-order chi connectivity index (χ1) is 14.8. The van der Waals surface area contributed by atoms with E-state index in [4.69, 9.17) is 9.88 Å². The minimum Gasteiger partial charge on any atom is -0.460 e. The Morgan fingerprint density at radius 2 is 1.84 bits per heavy atom. The molecule has 0 fully saturated rings. The van der Waals surface area contributed by atoms with Crippen LogP contribution >= 0.6 is 11.3 Å². The van der Waals surface area contributed by atoms with Gasteiger partial charge in [-0.05, 0) is 51.3 Å². The van der Waals surface area contributed by atoms with E-state index in [0.717, 1.165) is 22.7 Å². The zero-order valence-corrected chi connectivity index (χ0v) is 20.2. The van der Waals surface area contributed by atoms with Crippen LogP contribution in [-0.4, -0.2) is 30.9 Å². The number of benzene rings is 1. The van der Waals surface area contributed by atoms with Crippen molar-refractivity contribution in [2.24, 2.45) is 5.14 Å². The maximum absolute atomic E-state index is 12.5. The first kappa shape index (κ1) is 25.8. The lowest BCUT2D eigenvalue weighted by Crippen LogP contribution is -2.31. The van der Waals surface area contributed by atoms with E-state index in [1.165, 1.54) is 23.5 Å². The van der Waals surface area contributed by atoms with Gasteiger partial charge in [0.05, 0.1) is 18.2 Å². The third-order valence-corrected chi connectivity index (χ3v) is 5.55. The third kappa shape index (κ3) is 9.33. The lowest BCUT2D eigenvalue weighted by molar-refractivity contribution is -0.155. The number of hydrogen-bond acceptors (Lipinski definition) is 8. The van der Waals surface area contributed by atoms with Crippen LogP contribution in [-0.2, 0) is 37.5 Å². The summed E-state index contributed by atoms with van der Waals surface area (Å²) in [5, 5.41) is 10.5. The number of aryl methyl sites for hydroxylation is 1. The fourth-order valence-corrected chi connectivity index (χ4v) is 4.10. The molecule has 0 bridgehead atoms. The highest BCUT2D eigenvalue weighted by Gasteiger charge is 2.21. The lowest BCUT2D eigenvalue weighted by atomic mass is 10.1. The van der Waals surface area contributed by atoms with Gasteiger partial charge in [-0.15, -0.1) is 11.3 Å². The quantitative estimate of drug-likeness (QED) is 0.496. The van der Waals surface area contributed by atoms with E-state index in [1.807, 2.05) is 12.3 Å². The van der Waals surface area contributed by atoms with Gasteiger partial charge in [0.2, 0.25) is 5.91 Å². The van der Waals surface area contributed by atoms with Crippen molar-refractivity contribution >= 4 is 33.5 Å². The molecule has 0 saturated carbocycles. The van der Waals surface area contributed by atoms with Gasteiger partial charge in [0.15, 0.2) is 0 Å². The molecule has 0 radical (unpaired) electrons. The number of carbonyl (C=O) groups excluding carboxylic acids is 2. The second-order valence-corrected chi connectivity index (χ2v) is 10.2. The number of nitrogens with one attached hydrogen (secondary N) is 1. The third-order valence-electron chi connectivity index (χ3n) is 4.12. The van der Waals surface area contributed by atoms with Crippen LogP contribution in [0.1, 0.15) is 62.8 Å². The predicted octanol–water partition coefficient (Wildman–Crippen LogP) is 2.81. The maximum atomic E-state index is 12.5. The number of rotatable bonds is 10. The summed E-state index contributed by atoms with van der Waals surface area (Å²) < 4.78 is 32.0. The van der Waals surface area contributed by atoms with Gasteiger partial charge in [0, 0.05) is 11.8 Å². The molecule has 0 aliphatic heterocycles. The Morgan fingerprint density at radius 3 is 2.38 bits per heavy atom. The van der Waals surface area contributed by atoms with Gasteiger partial charge in [-0.2, -0.15) is 13.6 Å². The van der Waals surface area contributed by atoms with Crippen LogP contribution in [0.25, 0.3) is 0 Å². The van der Waals surface area contributed by atoms with Crippen molar-refractivity contribution in [1.29, 1.82) is 0 Å². The molecule has 1 aromatic heterocycles. The van der Waals surface area contributed by atoms with Gasteiger partial charge in [0.25, 0.3) is 0 Å². The second-order valence-electron chi connectivity index (χ2n) is 8.16. The molecule has 1 heterocycles. The van der Waals surface area contributed by atoms with E-state index in [9.17, 15) is 18.0 Å². The first-order valence-corrected chi connectivity index (χ1v) is 12.5. The average molecular weight is 484 g/mol. The van der Waals surface area contributed by atoms with Crippen LogP contribution in [0.15, 0.2) is 29.6 Å². The summed E-state index contributed by atoms with van der Waals surface area (Å²) in [5.74, 6) is -0.628. The van der Waals surface area contributed by atoms with Gasteiger partial charge in [-0.25, -0.2) is 4.98 Å². The molecule has 2 aromatic rings. The second kappa shape index (κ2) is 10.9. The first-order valence-electron chi connectivity index (χ1n) is 10.1. The van der Waals surface area contributed by atoms with Crippen LogP contribution in [0.2, 0.25) is 0 Å². The van der Waals surface area contributed by atoms with Crippen LogP contribution in [0.4, 0.5) is 0 Å². The molecule has 0 aliphatic rings. The number of thiazole rings is 1. The number of hydrogen-bond donors (Lipinski definition) is 2. The van der Waals surface area contributed by atoms with Crippen LogP contribution in [0.5, 0.6) is 5.75 Å². The number of amides is 1. The van der Waals surface area contributed by atoms with E-state index in [-0.39, 0.29) is 24.5 Å². The number of carbonyl (C=O) groups is 2. The van der Waals surface area contributed by atoms with E-state index < -0.39 is 27.9 Å². The van der Waals surface area contributed by atoms with E-state index in [0.29, 0.717) is 6.42 Å². The average Bonchev–Trinajstić information content (AvgIpc) is 3.14. The molecule has 3 N–H and O–H groups in total. The topological polar surface area (TPSA) is 138 Å². The van der Waals surface area contributed by atoms with E-state index in [2.05, 4.69) is 14.5 Å². The molecule has 9 nitrogen and oxygen atoms in total. The Hall–Kier alpha value is -2.50. The van der Waals surface area contributed by atoms with Gasteiger partial charge in [-0.1, -0.05) is 19.1 Å². The summed E-state index contributed by atoms with van der Waals surface area (Å²) in [6.07, 6.45) is 1.17. The van der Waals surface area contributed by atoms with Crippen LogP contribution in [0.3, 0.4) is 0 Å². The molecule has 11 heteroatoms. The summed E-state index contributed by atoms with van der Waals surface area (Å²) >= 11 is 1.45. The molecule has 1 atom stereocenters. The van der Waals surface area contributed by atoms with Gasteiger partial charge in [-0.3, -0.25) is 9.59 Å². The standard InChI is InChI=1S/C21H29N3O6S2/c1-5-15-13-31-20(23-15)17(24-18(25)10-11-19(26)29-21(2,3)4)12-14-6-8-16(9-7-14)30-32(22,27)28/h6-9,13,17H,5,10-12H2,1-4H3,(H,24,25)(H2,22,27,28)/t17-/m0/s1. The zero-order chi connectivity index (χ0) is 23.9. The molecule has 1 aromatic carbocycles. The van der Waals surface area contributed by atoms with E-state index >= 15 is 0 Å². The van der Waals surface area contributed by atoms with Crippen LogP contribution < -0.4 is 14.6 Å². The highest BCUT2D eigenvalue weighted by Crippen LogP contribution is 2.24.